The third kappa shape index (κ3) is 6.54. The number of rotatable bonds is 8. The van der Waals surface area contributed by atoms with Crippen molar-refractivity contribution in [1.82, 2.24) is 0 Å². The summed E-state index contributed by atoms with van der Waals surface area (Å²) in [6, 6.07) is 17.6. The van der Waals surface area contributed by atoms with Crippen LogP contribution in [0.1, 0.15) is 0 Å². The third-order valence-electron chi connectivity index (χ3n) is 4.00. The van der Waals surface area contributed by atoms with Crippen LogP contribution in [-0.4, -0.2) is 27.2 Å². The number of ether oxygens (including phenoxy) is 1. The van der Waals surface area contributed by atoms with E-state index in [0.717, 1.165) is 4.90 Å². The van der Waals surface area contributed by atoms with E-state index in [9.17, 15) is 13.2 Å². The number of hydrogen-bond acceptors (Lipinski definition) is 5. The molecular weight excluding hydrogens is 479 g/mol. The van der Waals surface area contributed by atoms with Crippen molar-refractivity contribution in [3.63, 3.8) is 0 Å². The van der Waals surface area contributed by atoms with Gasteiger partial charge in [-0.3, -0.25) is 9.52 Å². The summed E-state index contributed by atoms with van der Waals surface area (Å²) in [5.74, 6) is 0.0377. The molecule has 0 atom stereocenters. The molecule has 0 bridgehead atoms. The molecule has 0 saturated carbocycles. The quantitative estimate of drug-likeness (QED) is 0.400. The smallest absolute Gasteiger partial charge is 0.262 e. The predicted molar refractivity (Wildman–Crippen MR) is 126 cm³/mol. The molecule has 0 aliphatic heterocycles. The average molecular weight is 497 g/mol. The van der Waals surface area contributed by atoms with Crippen molar-refractivity contribution in [3.8, 4) is 5.75 Å². The Morgan fingerprint density at radius 1 is 1.00 bits per heavy atom. The van der Waals surface area contributed by atoms with Crippen LogP contribution in [0.25, 0.3) is 0 Å². The fourth-order valence-corrected chi connectivity index (χ4v) is 4.75. The van der Waals surface area contributed by atoms with Gasteiger partial charge in [-0.2, -0.15) is 0 Å². The third-order valence-corrected chi connectivity index (χ3v) is 6.63. The van der Waals surface area contributed by atoms with E-state index in [1.165, 1.54) is 54.2 Å². The van der Waals surface area contributed by atoms with Gasteiger partial charge in [0, 0.05) is 14.9 Å². The van der Waals surface area contributed by atoms with Crippen LogP contribution in [0.2, 0.25) is 10.0 Å². The Morgan fingerprint density at radius 3 is 2.29 bits per heavy atom. The first-order valence-electron chi connectivity index (χ1n) is 8.91. The summed E-state index contributed by atoms with van der Waals surface area (Å²) in [6.45, 7) is -0.214. The molecule has 31 heavy (non-hydrogen) atoms. The van der Waals surface area contributed by atoms with Crippen molar-refractivity contribution < 1.29 is 17.9 Å². The van der Waals surface area contributed by atoms with Crippen LogP contribution >= 0.6 is 35.0 Å². The van der Waals surface area contributed by atoms with Gasteiger partial charge in [0.05, 0.1) is 16.3 Å². The summed E-state index contributed by atoms with van der Waals surface area (Å²) in [7, 11) is -3.85. The van der Waals surface area contributed by atoms with E-state index in [0.29, 0.717) is 21.5 Å². The number of carbonyl (C=O) groups is 1. The number of nitrogens with one attached hydrogen (secondary N) is 2. The number of thioether (sulfide) groups is 1. The van der Waals surface area contributed by atoms with Gasteiger partial charge in [-0.25, -0.2) is 8.42 Å². The molecule has 0 saturated heterocycles. The lowest BCUT2D eigenvalue weighted by Crippen LogP contribution is -2.20. The number of benzene rings is 3. The second kappa shape index (κ2) is 10.3. The van der Waals surface area contributed by atoms with Crippen molar-refractivity contribution >= 4 is 62.3 Å². The van der Waals surface area contributed by atoms with Crippen LogP contribution in [0.15, 0.2) is 76.5 Å². The van der Waals surface area contributed by atoms with E-state index >= 15 is 0 Å². The zero-order valence-electron chi connectivity index (χ0n) is 16.3. The highest BCUT2D eigenvalue weighted by Gasteiger charge is 2.15. The Hall–Kier alpha value is -2.39. The van der Waals surface area contributed by atoms with Gasteiger partial charge >= 0.3 is 0 Å². The minimum absolute atomic E-state index is 0.0225. The summed E-state index contributed by atoms with van der Waals surface area (Å²) >= 11 is 13.3. The lowest BCUT2D eigenvalue weighted by atomic mass is 10.3. The summed E-state index contributed by atoms with van der Waals surface area (Å²) in [5, 5.41) is 3.42. The van der Waals surface area contributed by atoms with E-state index in [1.54, 1.807) is 0 Å². The number of carbonyl (C=O) groups excluding carboxylic acids is 1. The van der Waals surface area contributed by atoms with Crippen LogP contribution < -0.4 is 14.8 Å². The maximum atomic E-state index is 12.6. The highest BCUT2D eigenvalue weighted by atomic mass is 35.5. The summed E-state index contributed by atoms with van der Waals surface area (Å²) < 4.78 is 33.0. The largest absolute Gasteiger partial charge is 0.484 e. The zero-order valence-corrected chi connectivity index (χ0v) is 19.4. The number of anilines is 2. The first-order chi connectivity index (χ1) is 14.8. The van der Waals surface area contributed by atoms with Crippen LogP contribution in [-0.2, 0) is 14.8 Å². The highest BCUT2D eigenvalue weighted by molar-refractivity contribution is 7.98. The molecule has 0 heterocycles. The van der Waals surface area contributed by atoms with Gasteiger partial charge in [0.25, 0.3) is 15.9 Å². The Kier molecular flexibility index (Phi) is 7.72. The highest BCUT2D eigenvalue weighted by Crippen LogP contribution is 2.26. The van der Waals surface area contributed by atoms with Crippen LogP contribution in [0, 0.1) is 0 Å². The summed E-state index contributed by atoms with van der Waals surface area (Å²) in [5.41, 5.74) is 0.956. The van der Waals surface area contributed by atoms with Crippen LogP contribution in [0.4, 0.5) is 11.4 Å². The minimum Gasteiger partial charge on any atom is -0.484 e. The molecule has 2 N–H and O–H groups in total. The molecule has 3 rings (SSSR count). The van der Waals surface area contributed by atoms with Gasteiger partial charge < -0.3 is 10.1 Å². The van der Waals surface area contributed by atoms with E-state index < -0.39 is 10.0 Å². The predicted octanol–water partition coefficient (Wildman–Crippen LogP) is 5.53. The van der Waals surface area contributed by atoms with Gasteiger partial charge in [-0.1, -0.05) is 35.3 Å². The molecule has 1 amide bonds. The molecule has 3 aromatic carbocycles. The van der Waals surface area contributed by atoms with Gasteiger partial charge in [0.15, 0.2) is 6.61 Å². The Labute approximate surface area is 195 Å². The minimum atomic E-state index is -3.85. The van der Waals surface area contributed by atoms with E-state index in [4.69, 9.17) is 27.9 Å². The van der Waals surface area contributed by atoms with Crippen molar-refractivity contribution in [2.75, 3.05) is 22.9 Å². The summed E-state index contributed by atoms with van der Waals surface area (Å²) in [4.78, 5) is 13.1. The molecule has 0 unspecified atom stereocenters. The van der Waals surface area contributed by atoms with Crippen molar-refractivity contribution in [3.05, 3.63) is 76.8 Å². The Morgan fingerprint density at radius 2 is 1.65 bits per heavy atom. The maximum absolute atomic E-state index is 12.6. The molecule has 0 aromatic heterocycles. The lowest BCUT2D eigenvalue weighted by molar-refractivity contribution is -0.118. The monoisotopic (exact) mass is 496 g/mol. The molecule has 0 fully saturated rings. The molecule has 0 radical (unpaired) electrons. The number of sulfonamides is 1. The van der Waals surface area contributed by atoms with Gasteiger partial charge in [0.2, 0.25) is 0 Å². The van der Waals surface area contributed by atoms with Crippen molar-refractivity contribution in [2.24, 2.45) is 0 Å². The second-order valence-corrected chi connectivity index (χ2v) is 9.68. The first kappa shape index (κ1) is 23.3. The lowest BCUT2D eigenvalue weighted by Gasteiger charge is -2.11. The van der Waals surface area contributed by atoms with Gasteiger partial charge in [0.1, 0.15) is 5.75 Å². The SMILES string of the molecule is CSc1ccccc1NC(=O)COc1ccc(S(=O)(=O)Nc2cc(Cl)cc(Cl)c2)cc1. The van der Waals surface area contributed by atoms with Gasteiger partial charge in [-0.15, -0.1) is 11.8 Å². The molecule has 3 aromatic rings. The fraction of sp³-hybridized carbons (Fsp3) is 0.0952. The molecule has 0 aliphatic rings. The Balaban J connectivity index is 1.61. The van der Waals surface area contributed by atoms with Gasteiger partial charge in [-0.05, 0) is 60.9 Å². The standard InChI is InChI=1S/C21H18Cl2N2O4S2/c1-30-20-5-3-2-4-19(20)24-21(26)13-29-17-6-8-18(9-7-17)31(27,28)25-16-11-14(22)10-15(23)12-16/h2-12,25H,13H2,1H3,(H,24,26). The van der Waals surface area contributed by atoms with E-state index in [1.807, 2.05) is 30.5 Å². The molecule has 0 spiro atoms. The molecule has 6 nitrogen and oxygen atoms in total. The molecule has 162 valence electrons. The number of hydrogen-bond donors (Lipinski definition) is 2. The Bertz CT molecular complexity index is 1170. The summed E-state index contributed by atoms with van der Waals surface area (Å²) in [6.07, 6.45) is 1.92. The maximum Gasteiger partial charge on any atom is 0.262 e. The molecule has 10 heteroatoms. The average Bonchev–Trinajstić information content (AvgIpc) is 2.72. The number of amides is 1. The topological polar surface area (TPSA) is 84.5 Å². The number of halogens is 2. The van der Waals surface area contributed by atoms with Crippen LogP contribution in [0.5, 0.6) is 5.75 Å². The van der Waals surface area contributed by atoms with Crippen LogP contribution in [0.3, 0.4) is 0 Å². The number of para-hydroxylation sites is 1. The fourth-order valence-electron chi connectivity index (χ4n) is 2.62. The first-order valence-corrected chi connectivity index (χ1v) is 12.4. The molecular formula is C21H18Cl2N2O4S2. The second-order valence-electron chi connectivity index (χ2n) is 6.27. The normalized spacial score (nSPS) is 11.1. The van der Waals surface area contributed by atoms with E-state index in [2.05, 4.69) is 10.0 Å². The zero-order chi connectivity index (χ0) is 22.4. The van der Waals surface area contributed by atoms with Crippen molar-refractivity contribution in [1.29, 1.82) is 0 Å². The van der Waals surface area contributed by atoms with E-state index in [-0.39, 0.29) is 23.1 Å². The van der Waals surface area contributed by atoms with Crippen molar-refractivity contribution in [2.45, 2.75) is 9.79 Å². The molecule has 0 aliphatic carbocycles.